The molecule has 3 nitrogen and oxygen atoms in total. The van der Waals surface area contributed by atoms with Crippen LogP contribution in [0.4, 0.5) is 0 Å². The van der Waals surface area contributed by atoms with Crippen molar-refractivity contribution in [1.29, 1.82) is 0 Å². The monoisotopic (exact) mass is 163 g/mol. The van der Waals surface area contributed by atoms with Crippen molar-refractivity contribution in [2.24, 2.45) is 0 Å². The summed E-state index contributed by atoms with van der Waals surface area (Å²) in [5.41, 5.74) is 1.27. The normalized spacial score (nSPS) is 16.6. The summed E-state index contributed by atoms with van der Waals surface area (Å²) in [5.74, 6) is 1.01. The van der Waals surface area contributed by atoms with Crippen LogP contribution in [0.15, 0.2) is 11.1 Å². The fourth-order valence-electron chi connectivity index (χ4n) is 0.786. The van der Waals surface area contributed by atoms with E-state index in [-0.39, 0.29) is 12.1 Å². The van der Waals surface area contributed by atoms with Crippen molar-refractivity contribution in [3.63, 3.8) is 0 Å². The van der Waals surface area contributed by atoms with Crippen LogP contribution < -0.4 is 0 Å². The number of rotatable bonds is 2. The second kappa shape index (κ2) is 4.60. The molecular weight excluding hydrogens is 150 g/mol. The summed E-state index contributed by atoms with van der Waals surface area (Å²) in [6, 6.07) is 0. The van der Waals surface area contributed by atoms with Gasteiger partial charge < -0.3 is 15.5 Å². The fraction of sp³-hybridized carbons (Fsp3) is 0.667. The quantitative estimate of drug-likeness (QED) is 0.624. The maximum atomic E-state index is 8.57. The fourth-order valence-corrected chi connectivity index (χ4v) is 1.76. The summed E-state index contributed by atoms with van der Waals surface area (Å²) >= 11 is 1.78. The second-order valence-electron chi connectivity index (χ2n) is 2.04. The second-order valence-corrected chi connectivity index (χ2v) is 2.87. The Morgan fingerprint density at radius 1 is 1.80 bits per heavy atom. The van der Waals surface area contributed by atoms with Gasteiger partial charge in [-0.1, -0.05) is 0 Å². The van der Waals surface area contributed by atoms with Crippen LogP contribution in [0, 0.1) is 0 Å². The van der Waals surface area contributed by atoms with E-state index in [0.717, 1.165) is 12.4 Å². The highest BCUT2D eigenvalue weighted by atomic mass is 32.2. The molecule has 0 aromatic rings. The third-order valence-corrected chi connectivity index (χ3v) is 2.32. The van der Waals surface area contributed by atoms with Crippen molar-refractivity contribution >= 4 is 11.8 Å². The van der Waals surface area contributed by atoms with Crippen molar-refractivity contribution in [1.82, 2.24) is 4.90 Å². The molecule has 0 atom stereocenters. The Morgan fingerprint density at radius 2 is 2.50 bits per heavy atom. The van der Waals surface area contributed by atoms with Gasteiger partial charge in [-0.25, -0.2) is 0 Å². The molecule has 0 radical (unpaired) electrons. The van der Waals surface area contributed by atoms with E-state index in [9.17, 15) is 0 Å². The van der Waals surface area contributed by atoms with E-state index in [2.05, 4.69) is 17.2 Å². The highest BCUT2D eigenvalue weighted by molar-refractivity contribution is 8.02. The number of nitrogens with zero attached hydrogens (tertiary/aromatic N) is 1. The predicted octanol–water partition coefficient (Wildman–Crippen LogP) is 0.0216. The Morgan fingerprint density at radius 3 is 2.90 bits per heavy atom. The average molecular weight is 163 g/mol. The van der Waals surface area contributed by atoms with Crippen LogP contribution in [-0.2, 0) is 0 Å². The van der Waals surface area contributed by atoms with Gasteiger partial charge in [0.05, 0.1) is 12.5 Å². The molecule has 0 bridgehead atoms. The third kappa shape index (κ3) is 2.21. The van der Waals surface area contributed by atoms with Gasteiger partial charge in [-0.05, 0) is 12.3 Å². The standard InChI is InChI=1S/C6H11NOS.H2O/c1-6-4-9-5-7(6)2-3-8;/h4,8H,2-3,5H2,1H3;1H2. The van der Waals surface area contributed by atoms with Gasteiger partial charge in [0.2, 0.25) is 0 Å². The van der Waals surface area contributed by atoms with Crippen molar-refractivity contribution < 1.29 is 10.6 Å². The summed E-state index contributed by atoms with van der Waals surface area (Å²) in [4.78, 5) is 2.16. The summed E-state index contributed by atoms with van der Waals surface area (Å²) in [7, 11) is 0. The molecule has 0 aromatic carbocycles. The van der Waals surface area contributed by atoms with Crippen LogP contribution in [0.3, 0.4) is 0 Å². The Bertz CT molecular complexity index is 127. The number of hydrogen-bond donors (Lipinski definition) is 1. The van der Waals surface area contributed by atoms with Crippen LogP contribution in [0.1, 0.15) is 6.92 Å². The summed E-state index contributed by atoms with van der Waals surface area (Å²) in [5, 5.41) is 10.7. The first-order chi connectivity index (χ1) is 4.34. The Hall–Kier alpha value is -0.190. The highest BCUT2D eigenvalue weighted by Crippen LogP contribution is 2.21. The molecule has 0 saturated carbocycles. The third-order valence-electron chi connectivity index (χ3n) is 1.35. The lowest BCUT2D eigenvalue weighted by molar-refractivity contribution is 0.244. The van der Waals surface area contributed by atoms with Gasteiger partial charge in [-0.3, -0.25) is 0 Å². The van der Waals surface area contributed by atoms with Crippen molar-refractivity contribution in [3.8, 4) is 0 Å². The molecule has 0 aromatic heterocycles. The van der Waals surface area contributed by atoms with Crippen LogP contribution in [-0.4, -0.2) is 34.5 Å². The van der Waals surface area contributed by atoms with E-state index >= 15 is 0 Å². The number of hydrogen-bond acceptors (Lipinski definition) is 3. The molecule has 0 aliphatic carbocycles. The summed E-state index contributed by atoms with van der Waals surface area (Å²) < 4.78 is 0. The Kier molecular flexibility index (Phi) is 4.51. The number of thioether (sulfide) groups is 1. The molecule has 0 saturated heterocycles. The maximum Gasteiger partial charge on any atom is 0.0678 e. The topological polar surface area (TPSA) is 55.0 Å². The zero-order valence-corrected chi connectivity index (χ0v) is 6.82. The zero-order valence-electron chi connectivity index (χ0n) is 6.00. The molecule has 4 heteroatoms. The van der Waals surface area contributed by atoms with Gasteiger partial charge in [0, 0.05) is 12.2 Å². The molecule has 1 heterocycles. The number of allylic oxidation sites excluding steroid dienone is 1. The maximum absolute atomic E-state index is 8.57. The largest absolute Gasteiger partial charge is 0.412 e. The van der Waals surface area contributed by atoms with E-state index in [0.29, 0.717) is 0 Å². The van der Waals surface area contributed by atoms with E-state index in [1.807, 2.05) is 0 Å². The first kappa shape index (κ1) is 9.81. The number of aliphatic hydroxyl groups is 1. The van der Waals surface area contributed by atoms with Crippen molar-refractivity contribution in [2.75, 3.05) is 19.0 Å². The molecule has 1 aliphatic rings. The van der Waals surface area contributed by atoms with Gasteiger partial charge >= 0.3 is 0 Å². The molecule has 0 unspecified atom stereocenters. The van der Waals surface area contributed by atoms with Crippen LogP contribution in [0.2, 0.25) is 0 Å². The van der Waals surface area contributed by atoms with E-state index in [4.69, 9.17) is 5.11 Å². The summed E-state index contributed by atoms with van der Waals surface area (Å²) in [6.45, 7) is 3.09. The van der Waals surface area contributed by atoms with E-state index < -0.39 is 0 Å². The average Bonchev–Trinajstić information content (AvgIpc) is 2.18. The van der Waals surface area contributed by atoms with Crippen LogP contribution >= 0.6 is 11.8 Å². The molecule has 10 heavy (non-hydrogen) atoms. The molecule has 0 fully saturated rings. The van der Waals surface area contributed by atoms with Gasteiger partial charge in [-0.15, -0.1) is 11.8 Å². The van der Waals surface area contributed by atoms with Gasteiger partial charge in [-0.2, -0.15) is 0 Å². The minimum Gasteiger partial charge on any atom is -0.412 e. The SMILES string of the molecule is CC1=CSCN1CCO.O. The molecular formula is C6H13NO2S. The van der Waals surface area contributed by atoms with Gasteiger partial charge in [0.1, 0.15) is 0 Å². The van der Waals surface area contributed by atoms with E-state index in [1.165, 1.54) is 5.70 Å². The van der Waals surface area contributed by atoms with Gasteiger partial charge in [0.25, 0.3) is 0 Å². The molecule has 0 spiro atoms. The molecule has 60 valence electrons. The van der Waals surface area contributed by atoms with Crippen molar-refractivity contribution in [3.05, 3.63) is 11.1 Å². The highest BCUT2D eigenvalue weighted by Gasteiger charge is 2.08. The molecule has 1 rings (SSSR count). The lowest BCUT2D eigenvalue weighted by atomic mass is 10.5. The molecule has 1 aliphatic heterocycles. The van der Waals surface area contributed by atoms with Crippen LogP contribution in [0.25, 0.3) is 0 Å². The summed E-state index contributed by atoms with van der Waals surface area (Å²) in [6.07, 6.45) is 0. The Labute approximate surface area is 65.0 Å². The predicted molar refractivity (Wildman–Crippen MR) is 43.6 cm³/mol. The molecule has 3 N–H and O–H groups in total. The number of β-amino-alcohol motifs (C(OH)–C–C–N with tert-alkyl or cyclic N) is 1. The lowest BCUT2D eigenvalue weighted by Crippen LogP contribution is -2.21. The van der Waals surface area contributed by atoms with E-state index in [1.54, 1.807) is 11.8 Å². The van der Waals surface area contributed by atoms with Crippen molar-refractivity contribution in [2.45, 2.75) is 6.92 Å². The van der Waals surface area contributed by atoms with Crippen LogP contribution in [0.5, 0.6) is 0 Å². The minimum absolute atomic E-state index is 0. The smallest absolute Gasteiger partial charge is 0.0678 e. The molecule has 0 amide bonds. The van der Waals surface area contributed by atoms with Gasteiger partial charge in [0.15, 0.2) is 0 Å². The number of aliphatic hydroxyl groups excluding tert-OH is 1. The zero-order chi connectivity index (χ0) is 6.69. The Balaban J connectivity index is 0.000000810. The first-order valence-corrected chi connectivity index (χ1v) is 4.03. The minimum atomic E-state index is 0. The first-order valence-electron chi connectivity index (χ1n) is 2.99. The lowest BCUT2D eigenvalue weighted by Gasteiger charge is -2.16.